The second-order valence-corrected chi connectivity index (χ2v) is 3.60. The summed E-state index contributed by atoms with van der Waals surface area (Å²) in [4.78, 5) is 24.8. The zero-order chi connectivity index (χ0) is 9.68. The number of H-pyrrole nitrogens is 1. The molecular formula is C8H12N2O2S. The summed E-state index contributed by atoms with van der Waals surface area (Å²) in [5.41, 5.74) is -0.557. The highest BCUT2D eigenvalue weighted by Gasteiger charge is 1.98. The molecule has 13 heavy (non-hydrogen) atoms. The number of nitrogens with zero attached hydrogens (tertiary/aromatic N) is 1. The Morgan fingerprint density at radius 3 is 2.92 bits per heavy atom. The van der Waals surface area contributed by atoms with Crippen molar-refractivity contribution in [1.29, 1.82) is 0 Å². The number of rotatable bonds is 4. The Morgan fingerprint density at radius 1 is 1.54 bits per heavy atom. The summed E-state index contributed by atoms with van der Waals surface area (Å²) in [5, 5.41) is 0. The van der Waals surface area contributed by atoms with Gasteiger partial charge in [0.05, 0.1) is 0 Å². The normalized spacial score (nSPS) is 10.2. The molecule has 0 amide bonds. The first-order valence-electron chi connectivity index (χ1n) is 4.03. The van der Waals surface area contributed by atoms with Crippen molar-refractivity contribution >= 4 is 11.8 Å². The molecular weight excluding hydrogens is 188 g/mol. The fraction of sp³-hybridized carbons (Fsp3) is 0.500. The quantitative estimate of drug-likeness (QED) is 0.711. The van der Waals surface area contributed by atoms with Crippen LogP contribution in [0.1, 0.15) is 6.42 Å². The van der Waals surface area contributed by atoms with Gasteiger partial charge < -0.3 is 4.98 Å². The molecule has 0 aliphatic rings. The van der Waals surface area contributed by atoms with Gasteiger partial charge in [0, 0.05) is 18.8 Å². The fourth-order valence-corrected chi connectivity index (χ4v) is 1.45. The second kappa shape index (κ2) is 4.91. The van der Waals surface area contributed by atoms with Crippen LogP contribution in [0.5, 0.6) is 0 Å². The lowest BCUT2D eigenvalue weighted by Gasteiger charge is -2.01. The molecule has 0 aliphatic carbocycles. The van der Waals surface area contributed by atoms with E-state index in [4.69, 9.17) is 0 Å². The van der Waals surface area contributed by atoms with E-state index in [1.54, 1.807) is 11.8 Å². The zero-order valence-electron chi connectivity index (χ0n) is 7.45. The molecule has 0 spiro atoms. The third kappa shape index (κ3) is 2.77. The van der Waals surface area contributed by atoms with Crippen molar-refractivity contribution in [3.05, 3.63) is 33.1 Å². The van der Waals surface area contributed by atoms with Crippen LogP contribution >= 0.6 is 11.8 Å². The Hall–Kier alpha value is -0.970. The van der Waals surface area contributed by atoms with Gasteiger partial charge in [-0.05, 0) is 18.4 Å². The smallest absolute Gasteiger partial charge is 0.314 e. The van der Waals surface area contributed by atoms with E-state index in [0.29, 0.717) is 6.54 Å². The molecule has 0 radical (unpaired) electrons. The minimum absolute atomic E-state index is 0.232. The molecule has 1 heterocycles. The number of hydrogen-bond acceptors (Lipinski definition) is 3. The average molecular weight is 200 g/mol. The monoisotopic (exact) mass is 200 g/mol. The summed E-state index contributed by atoms with van der Waals surface area (Å²) >= 11 is 1.70. The maximum atomic E-state index is 11.2. The van der Waals surface area contributed by atoms with Gasteiger partial charge in [0.1, 0.15) is 0 Å². The Kier molecular flexibility index (Phi) is 3.82. The fourth-order valence-electron chi connectivity index (χ4n) is 1.03. The van der Waals surface area contributed by atoms with Crippen LogP contribution in [0.25, 0.3) is 0 Å². The summed E-state index contributed by atoms with van der Waals surface area (Å²) in [6.45, 7) is 0.496. The molecule has 0 saturated heterocycles. The van der Waals surface area contributed by atoms with Crippen molar-refractivity contribution < 1.29 is 0 Å². The topological polar surface area (TPSA) is 54.9 Å². The van der Waals surface area contributed by atoms with Crippen molar-refractivity contribution in [1.82, 2.24) is 9.55 Å². The Bertz CT molecular complexity index is 341. The minimum Gasteiger partial charge on any atom is -0.314 e. The van der Waals surface area contributed by atoms with Gasteiger partial charge in [-0.25, -0.2) is 4.79 Å². The maximum Gasteiger partial charge on any atom is 0.328 e. The molecule has 0 unspecified atom stereocenters. The minimum atomic E-state index is -0.325. The van der Waals surface area contributed by atoms with Crippen LogP contribution in [-0.4, -0.2) is 21.6 Å². The largest absolute Gasteiger partial charge is 0.328 e. The summed E-state index contributed by atoms with van der Waals surface area (Å²) in [6, 6.07) is 1.36. The van der Waals surface area contributed by atoms with Crippen molar-refractivity contribution in [3.63, 3.8) is 0 Å². The molecule has 0 fully saturated rings. The molecule has 0 bridgehead atoms. The van der Waals surface area contributed by atoms with Crippen LogP contribution in [0, 0.1) is 0 Å². The highest BCUT2D eigenvalue weighted by Crippen LogP contribution is 1.95. The lowest BCUT2D eigenvalue weighted by molar-refractivity contribution is 0.619. The van der Waals surface area contributed by atoms with E-state index in [2.05, 4.69) is 4.98 Å². The number of thioether (sulfide) groups is 1. The number of nitrogens with one attached hydrogen (secondary N) is 1. The van der Waals surface area contributed by atoms with Crippen molar-refractivity contribution in [2.45, 2.75) is 13.0 Å². The summed E-state index contributed by atoms with van der Waals surface area (Å²) in [6.07, 6.45) is 4.21. The van der Waals surface area contributed by atoms with Gasteiger partial charge in [-0.1, -0.05) is 0 Å². The third-order valence-corrected chi connectivity index (χ3v) is 2.37. The van der Waals surface area contributed by atoms with E-state index < -0.39 is 0 Å². The molecule has 72 valence electrons. The van der Waals surface area contributed by atoms with Gasteiger partial charge >= 0.3 is 5.69 Å². The lowest BCUT2D eigenvalue weighted by atomic mass is 10.4. The second-order valence-electron chi connectivity index (χ2n) is 2.62. The van der Waals surface area contributed by atoms with Gasteiger partial charge in [-0.2, -0.15) is 11.8 Å². The van der Waals surface area contributed by atoms with Crippen LogP contribution in [-0.2, 0) is 6.54 Å². The number of hydrogen-bond donors (Lipinski definition) is 1. The molecule has 1 N–H and O–H groups in total. The van der Waals surface area contributed by atoms with E-state index in [-0.39, 0.29) is 11.2 Å². The molecule has 1 aromatic rings. The molecule has 1 aromatic heterocycles. The van der Waals surface area contributed by atoms with Crippen LogP contribution in [0.3, 0.4) is 0 Å². The molecule has 0 aromatic carbocycles. The van der Waals surface area contributed by atoms with Gasteiger partial charge in [-0.15, -0.1) is 0 Å². The summed E-state index contributed by atoms with van der Waals surface area (Å²) in [5.74, 6) is 0.959. The summed E-state index contributed by atoms with van der Waals surface area (Å²) < 4.78 is 1.22. The number of aromatic nitrogens is 2. The highest BCUT2D eigenvalue weighted by molar-refractivity contribution is 7.98. The van der Waals surface area contributed by atoms with Crippen molar-refractivity contribution in [3.8, 4) is 0 Å². The average Bonchev–Trinajstić information content (AvgIpc) is 2.10. The maximum absolute atomic E-state index is 11.2. The third-order valence-electron chi connectivity index (χ3n) is 1.67. The predicted octanol–water partition coefficient (Wildman–Crippen LogP) is 0.290. The highest BCUT2D eigenvalue weighted by atomic mass is 32.2. The van der Waals surface area contributed by atoms with Crippen LogP contribution in [0.15, 0.2) is 21.9 Å². The molecule has 4 nitrogen and oxygen atoms in total. The first kappa shape index (κ1) is 10.1. The van der Waals surface area contributed by atoms with E-state index in [9.17, 15) is 9.59 Å². The molecule has 0 aliphatic heterocycles. The zero-order valence-corrected chi connectivity index (χ0v) is 8.26. The van der Waals surface area contributed by atoms with Gasteiger partial charge in [0.25, 0.3) is 5.56 Å². The molecule has 5 heteroatoms. The van der Waals surface area contributed by atoms with Gasteiger partial charge in [-0.3, -0.25) is 9.36 Å². The van der Waals surface area contributed by atoms with Crippen LogP contribution in [0.4, 0.5) is 0 Å². The standard InChI is InChI=1S/C8H12N2O2S/c1-13-6-2-5-10-7(11)3-4-9-8(10)12/h3-4H,2,5-6H2,1H3,(H,9,12). The van der Waals surface area contributed by atoms with Crippen LogP contribution < -0.4 is 11.2 Å². The number of aromatic amines is 1. The van der Waals surface area contributed by atoms with Gasteiger partial charge in [0.15, 0.2) is 0 Å². The van der Waals surface area contributed by atoms with E-state index in [1.807, 2.05) is 6.26 Å². The van der Waals surface area contributed by atoms with Crippen molar-refractivity contribution in [2.75, 3.05) is 12.0 Å². The van der Waals surface area contributed by atoms with Crippen molar-refractivity contribution in [2.24, 2.45) is 0 Å². The Balaban J connectivity index is 2.76. The molecule has 1 rings (SSSR count). The lowest BCUT2D eigenvalue weighted by Crippen LogP contribution is -2.34. The SMILES string of the molecule is CSCCCn1c(=O)cc[nH]c1=O. The summed E-state index contributed by atoms with van der Waals surface area (Å²) in [7, 11) is 0. The first-order valence-corrected chi connectivity index (χ1v) is 5.42. The predicted molar refractivity (Wildman–Crippen MR) is 54.3 cm³/mol. The van der Waals surface area contributed by atoms with E-state index in [0.717, 1.165) is 12.2 Å². The van der Waals surface area contributed by atoms with E-state index in [1.165, 1.54) is 16.8 Å². The first-order chi connectivity index (χ1) is 6.25. The molecule has 0 atom stereocenters. The van der Waals surface area contributed by atoms with Gasteiger partial charge in [0.2, 0.25) is 0 Å². The van der Waals surface area contributed by atoms with Crippen LogP contribution in [0.2, 0.25) is 0 Å². The molecule has 0 saturated carbocycles. The Labute approximate surface area is 80.0 Å². The van der Waals surface area contributed by atoms with E-state index >= 15 is 0 Å². The Morgan fingerprint density at radius 2 is 2.31 bits per heavy atom.